The molecule has 2 aliphatic rings. The highest BCUT2D eigenvalue weighted by molar-refractivity contribution is 8.02. The number of rotatable bonds is 0. The number of fused-ring (bicyclic) bond motifs is 2. The molecule has 0 aromatic carbocycles. The third kappa shape index (κ3) is 1.44. The lowest BCUT2D eigenvalue weighted by Gasteiger charge is -2.48. The van der Waals surface area contributed by atoms with Crippen molar-refractivity contribution in [2.45, 2.75) is 61.9 Å². The van der Waals surface area contributed by atoms with Gasteiger partial charge in [0.15, 0.2) is 0 Å². The third-order valence-corrected chi connectivity index (χ3v) is 5.12. The van der Waals surface area contributed by atoms with Crippen molar-refractivity contribution in [2.24, 2.45) is 0 Å². The summed E-state index contributed by atoms with van der Waals surface area (Å²) in [5.41, 5.74) is 0. The highest BCUT2D eigenvalue weighted by Gasteiger charge is 2.42. The van der Waals surface area contributed by atoms with Crippen molar-refractivity contribution in [3.05, 3.63) is 0 Å². The molecule has 0 atom stereocenters. The summed E-state index contributed by atoms with van der Waals surface area (Å²) in [4.78, 5) is 0. The Labute approximate surface area is 74.1 Å². The largest absolute Gasteiger partial charge is 0.149 e. The fourth-order valence-electron chi connectivity index (χ4n) is 2.72. The Morgan fingerprint density at radius 1 is 0.818 bits per heavy atom. The minimum Gasteiger partial charge on any atom is -0.149 e. The van der Waals surface area contributed by atoms with E-state index in [9.17, 15) is 0 Å². The zero-order chi connectivity index (χ0) is 7.95. The van der Waals surface area contributed by atoms with E-state index in [0.29, 0.717) is 9.49 Å². The topological polar surface area (TPSA) is 0 Å². The average Bonchev–Trinajstić information content (AvgIpc) is 1.83. The Morgan fingerprint density at radius 3 is 1.45 bits per heavy atom. The van der Waals surface area contributed by atoms with Gasteiger partial charge in [0, 0.05) is 9.49 Å². The van der Waals surface area contributed by atoms with Gasteiger partial charge >= 0.3 is 0 Å². The zero-order valence-corrected chi connectivity index (χ0v) is 8.47. The lowest BCUT2D eigenvalue weighted by atomic mass is 9.85. The van der Waals surface area contributed by atoms with Gasteiger partial charge < -0.3 is 0 Å². The van der Waals surface area contributed by atoms with Crippen molar-refractivity contribution >= 4 is 11.8 Å². The Balaban J connectivity index is 2.16. The molecule has 0 aromatic rings. The second-order valence-electron chi connectivity index (χ2n) is 4.71. The van der Waals surface area contributed by atoms with Gasteiger partial charge in [0.2, 0.25) is 0 Å². The maximum atomic E-state index is 2.47. The molecule has 0 N–H and O–H groups in total. The van der Waals surface area contributed by atoms with E-state index in [4.69, 9.17) is 0 Å². The molecule has 2 aliphatic heterocycles. The first-order valence-electron chi connectivity index (χ1n) is 4.82. The molecule has 64 valence electrons. The first-order valence-corrected chi connectivity index (χ1v) is 5.64. The second kappa shape index (κ2) is 2.42. The lowest BCUT2D eigenvalue weighted by molar-refractivity contribution is 0.353. The SMILES string of the molecule is CC12CCCC(C)(CCC1)S2. The summed E-state index contributed by atoms with van der Waals surface area (Å²) in [7, 11) is 0. The third-order valence-electron chi connectivity index (χ3n) is 3.32. The van der Waals surface area contributed by atoms with Gasteiger partial charge in [0.05, 0.1) is 0 Å². The summed E-state index contributed by atoms with van der Waals surface area (Å²) in [6.45, 7) is 4.93. The minimum absolute atomic E-state index is 0.658. The summed E-state index contributed by atoms with van der Waals surface area (Å²) < 4.78 is 1.32. The van der Waals surface area contributed by atoms with E-state index in [2.05, 4.69) is 25.6 Å². The molecule has 0 aliphatic carbocycles. The van der Waals surface area contributed by atoms with Crippen LogP contribution in [0.5, 0.6) is 0 Å². The molecule has 0 saturated carbocycles. The predicted octanol–water partition coefficient (Wildman–Crippen LogP) is 3.60. The van der Waals surface area contributed by atoms with Crippen molar-refractivity contribution < 1.29 is 0 Å². The molecule has 0 spiro atoms. The maximum Gasteiger partial charge on any atom is 0.0137 e. The lowest BCUT2D eigenvalue weighted by Crippen LogP contribution is -2.39. The molecule has 2 rings (SSSR count). The smallest absolute Gasteiger partial charge is 0.0137 e. The molecule has 0 amide bonds. The molecule has 0 radical (unpaired) electrons. The van der Waals surface area contributed by atoms with Crippen LogP contribution in [-0.2, 0) is 0 Å². The van der Waals surface area contributed by atoms with Gasteiger partial charge in [-0.15, -0.1) is 11.8 Å². The number of thioether (sulfide) groups is 1. The summed E-state index contributed by atoms with van der Waals surface area (Å²) in [6.07, 6.45) is 8.81. The molecule has 11 heavy (non-hydrogen) atoms. The van der Waals surface area contributed by atoms with Gasteiger partial charge in [-0.3, -0.25) is 0 Å². The van der Waals surface area contributed by atoms with E-state index < -0.39 is 0 Å². The molecule has 0 aromatic heterocycles. The van der Waals surface area contributed by atoms with Crippen LogP contribution < -0.4 is 0 Å². The van der Waals surface area contributed by atoms with E-state index in [-0.39, 0.29) is 0 Å². The molecule has 1 heteroatoms. The van der Waals surface area contributed by atoms with Crippen LogP contribution in [-0.4, -0.2) is 9.49 Å². The summed E-state index contributed by atoms with van der Waals surface area (Å²) in [6, 6.07) is 0. The molecule has 2 heterocycles. The Kier molecular flexibility index (Phi) is 1.75. The van der Waals surface area contributed by atoms with Crippen LogP contribution in [0.3, 0.4) is 0 Å². The van der Waals surface area contributed by atoms with Crippen molar-refractivity contribution in [1.29, 1.82) is 0 Å². The van der Waals surface area contributed by atoms with Crippen LogP contribution in [0.15, 0.2) is 0 Å². The molecule has 0 unspecified atom stereocenters. The quantitative estimate of drug-likeness (QED) is 0.535. The molecule has 2 bridgehead atoms. The standard InChI is InChI=1S/C10H18S/c1-9-5-3-7-10(2,11-9)8-4-6-9/h3-8H2,1-2H3. The van der Waals surface area contributed by atoms with Crippen LogP contribution in [0.2, 0.25) is 0 Å². The normalized spacial score (nSPS) is 50.7. The van der Waals surface area contributed by atoms with Gasteiger partial charge in [0.25, 0.3) is 0 Å². The van der Waals surface area contributed by atoms with Crippen molar-refractivity contribution in [2.75, 3.05) is 0 Å². The number of hydrogen-bond donors (Lipinski definition) is 0. The second-order valence-corrected chi connectivity index (χ2v) is 6.88. The molecule has 2 saturated heterocycles. The molecular formula is C10H18S. The van der Waals surface area contributed by atoms with Crippen LogP contribution in [0.25, 0.3) is 0 Å². The van der Waals surface area contributed by atoms with E-state index in [1.54, 1.807) is 0 Å². The minimum atomic E-state index is 0.658. The fourth-order valence-corrected chi connectivity index (χ4v) is 4.90. The summed E-state index contributed by atoms with van der Waals surface area (Å²) >= 11 is 2.28. The first-order chi connectivity index (χ1) is 5.12. The van der Waals surface area contributed by atoms with Gasteiger partial charge in [-0.2, -0.15) is 0 Å². The van der Waals surface area contributed by atoms with Crippen LogP contribution in [0, 0.1) is 0 Å². The van der Waals surface area contributed by atoms with Crippen LogP contribution >= 0.6 is 11.8 Å². The zero-order valence-electron chi connectivity index (χ0n) is 7.65. The van der Waals surface area contributed by atoms with Crippen LogP contribution in [0.1, 0.15) is 52.4 Å². The van der Waals surface area contributed by atoms with Crippen LogP contribution in [0.4, 0.5) is 0 Å². The molecular weight excluding hydrogens is 152 g/mol. The van der Waals surface area contributed by atoms with E-state index in [1.807, 2.05) is 0 Å². The van der Waals surface area contributed by atoms with E-state index in [1.165, 1.54) is 38.5 Å². The highest BCUT2D eigenvalue weighted by Crippen LogP contribution is 2.55. The first kappa shape index (κ1) is 7.97. The summed E-state index contributed by atoms with van der Waals surface area (Å²) in [5.74, 6) is 0. The molecule has 0 nitrogen and oxygen atoms in total. The average molecular weight is 170 g/mol. The predicted molar refractivity (Wildman–Crippen MR) is 52.1 cm³/mol. The highest BCUT2D eigenvalue weighted by atomic mass is 32.2. The van der Waals surface area contributed by atoms with Gasteiger partial charge in [-0.05, 0) is 25.7 Å². The monoisotopic (exact) mass is 170 g/mol. The van der Waals surface area contributed by atoms with Gasteiger partial charge in [-0.1, -0.05) is 26.7 Å². The maximum absolute atomic E-state index is 2.47. The van der Waals surface area contributed by atoms with Crippen molar-refractivity contribution in [3.8, 4) is 0 Å². The van der Waals surface area contributed by atoms with Crippen molar-refractivity contribution in [3.63, 3.8) is 0 Å². The van der Waals surface area contributed by atoms with Crippen molar-refractivity contribution in [1.82, 2.24) is 0 Å². The molecule has 2 fully saturated rings. The Morgan fingerprint density at radius 2 is 1.18 bits per heavy atom. The van der Waals surface area contributed by atoms with Gasteiger partial charge in [0.1, 0.15) is 0 Å². The summed E-state index contributed by atoms with van der Waals surface area (Å²) in [5, 5.41) is 0. The van der Waals surface area contributed by atoms with Gasteiger partial charge in [-0.25, -0.2) is 0 Å². The number of hydrogen-bond acceptors (Lipinski definition) is 1. The van der Waals surface area contributed by atoms with E-state index >= 15 is 0 Å². The fraction of sp³-hybridized carbons (Fsp3) is 1.00. The Hall–Kier alpha value is 0.350. The van der Waals surface area contributed by atoms with E-state index in [0.717, 1.165) is 0 Å². The Bertz CT molecular complexity index is 136.